The van der Waals surface area contributed by atoms with Crippen LogP contribution in [0.5, 0.6) is 0 Å². The number of hydrogen-bond donors (Lipinski definition) is 1. The maximum Gasteiger partial charge on any atom is 0.417 e. The summed E-state index contributed by atoms with van der Waals surface area (Å²) in [6.07, 6.45) is -1.72. The van der Waals surface area contributed by atoms with E-state index >= 15 is 0 Å². The van der Waals surface area contributed by atoms with E-state index in [1.807, 2.05) is 0 Å². The number of carbonyl (C=O) groups is 2. The molecular weight excluding hydrogens is 277 g/mol. The highest BCUT2D eigenvalue weighted by Gasteiger charge is 2.50. The molecule has 0 spiro atoms. The standard InChI is InChI=1S/C15H16FNO4/c1-3-12(18)15(2,16)13(19)17-11(9-21-14(17)20)10-7-5-4-6-8-10/h3-8,11-12,18H,1,9H2,2H3/t11-,12-,15-/m1/s1. The van der Waals surface area contributed by atoms with Crippen LogP contribution in [0.25, 0.3) is 0 Å². The van der Waals surface area contributed by atoms with Gasteiger partial charge in [0.15, 0.2) is 0 Å². The second-order valence-corrected chi connectivity index (χ2v) is 4.93. The molecule has 112 valence electrons. The Morgan fingerprint density at radius 1 is 1.57 bits per heavy atom. The van der Waals surface area contributed by atoms with Crippen LogP contribution < -0.4 is 0 Å². The molecule has 2 amide bonds. The number of carbonyl (C=O) groups excluding carboxylic acids is 2. The molecule has 0 aliphatic carbocycles. The SMILES string of the molecule is C=C[C@@H](O)[C@@](C)(F)C(=O)N1C(=O)OC[C@@H]1c1ccccc1. The lowest BCUT2D eigenvalue weighted by Crippen LogP contribution is -2.51. The zero-order chi connectivity index (χ0) is 15.6. The Morgan fingerprint density at radius 2 is 2.19 bits per heavy atom. The minimum Gasteiger partial charge on any atom is -0.446 e. The molecule has 1 fully saturated rings. The van der Waals surface area contributed by atoms with E-state index in [9.17, 15) is 19.1 Å². The summed E-state index contributed by atoms with van der Waals surface area (Å²) >= 11 is 0. The molecule has 0 saturated carbocycles. The fourth-order valence-corrected chi connectivity index (χ4v) is 2.15. The lowest BCUT2D eigenvalue weighted by atomic mass is 9.97. The van der Waals surface area contributed by atoms with Crippen LogP contribution in [0.4, 0.5) is 9.18 Å². The van der Waals surface area contributed by atoms with Gasteiger partial charge in [0.25, 0.3) is 5.91 Å². The Kier molecular flexibility index (Phi) is 4.09. The van der Waals surface area contributed by atoms with Crippen LogP contribution in [-0.4, -0.2) is 40.4 Å². The van der Waals surface area contributed by atoms with Gasteiger partial charge >= 0.3 is 6.09 Å². The molecule has 0 bridgehead atoms. The van der Waals surface area contributed by atoms with Gasteiger partial charge in [0, 0.05) is 0 Å². The van der Waals surface area contributed by atoms with Gasteiger partial charge in [-0.3, -0.25) is 4.79 Å². The summed E-state index contributed by atoms with van der Waals surface area (Å²) in [5.41, 5.74) is -2.00. The zero-order valence-corrected chi connectivity index (χ0v) is 11.5. The third-order valence-electron chi connectivity index (χ3n) is 3.47. The number of halogens is 1. The molecule has 1 N–H and O–H groups in total. The van der Waals surface area contributed by atoms with Gasteiger partial charge < -0.3 is 9.84 Å². The molecule has 0 unspecified atom stereocenters. The van der Waals surface area contributed by atoms with Crippen LogP contribution in [-0.2, 0) is 9.53 Å². The normalized spacial score (nSPS) is 22.3. The van der Waals surface area contributed by atoms with Crippen LogP contribution in [0.1, 0.15) is 18.5 Å². The van der Waals surface area contributed by atoms with Crippen LogP contribution in [0.15, 0.2) is 43.0 Å². The lowest BCUT2D eigenvalue weighted by Gasteiger charge is -2.29. The Hall–Kier alpha value is -2.21. The summed E-state index contributed by atoms with van der Waals surface area (Å²) in [6, 6.07) is 7.99. The Morgan fingerprint density at radius 3 is 2.76 bits per heavy atom. The molecule has 21 heavy (non-hydrogen) atoms. The molecule has 1 saturated heterocycles. The van der Waals surface area contributed by atoms with E-state index in [2.05, 4.69) is 6.58 Å². The van der Waals surface area contributed by atoms with Crippen molar-refractivity contribution in [2.75, 3.05) is 6.61 Å². The van der Waals surface area contributed by atoms with E-state index < -0.39 is 29.8 Å². The molecule has 2 rings (SSSR count). The van der Waals surface area contributed by atoms with Gasteiger partial charge in [-0.25, -0.2) is 14.1 Å². The van der Waals surface area contributed by atoms with Crippen molar-refractivity contribution in [3.8, 4) is 0 Å². The fraction of sp³-hybridized carbons (Fsp3) is 0.333. The molecule has 1 aromatic rings. The number of ether oxygens (including phenoxy) is 1. The Bertz CT molecular complexity index is 558. The minimum absolute atomic E-state index is 0.0468. The summed E-state index contributed by atoms with van der Waals surface area (Å²) in [4.78, 5) is 24.8. The van der Waals surface area contributed by atoms with E-state index in [0.717, 1.165) is 13.0 Å². The number of aliphatic hydroxyl groups excluding tert-OH is 1. The fourth-order valence-electron chi connectivity index (χ4n) is 2.15. The number of amides is 2. The molecule has 6 heteroatoms. The van der Waals surface area contributed by atoms with Crippen LogP contribution in [0.2, 0.25) is 0 Å². The number of hydrogen-bond acceptors (Lipinski definition) is 4. The number of aliphatic hydroxyl groups is 1. The lowest BCUT2D eigenvalue weighted by molar-refractivity contribution is -0.146. The van der Waals surface area contributed by atoms with Crippen molar-refractivity contribution in [1.29, 1.82) is 0 Å². The Balaban J connectivity index is 2.33. The van der Waals surface area contributed by atoms with Crippen molar-refractivity contribution in [2.24, 2.45) is 0 Å². The van der Waals surface area contributed by atoms with Gasteiger partial charge in [0.05, 0.1) is 0 Å². The van der Waals surface area contributed by atoms with Crippen molar-refractivity contribution in [2.45, 2.75) is 24.7 Å². The maximum absolute atomic E-state index is 14.5. The largest absolute Gasteiger partial charge is 0.446 e. The highest BCUT2D eigenvalue weighted by atomic mass is 19.1. The van der Waals surface area contributed by atoms with E-state index in [-0.39, 0.29) is 6.61 Å². The Labute approximate surface area is 121 Å². The second-order valence-electron chi connectivity index (χ2n) is 4.93. The number of nitrogens with zero attached hydrogens (tertiary/aromatic N) is 1. The summed E-state index contributed by atoms with van der Waals surface area (Å²) in [6.45, 7) is 4.12. The second kappa shape index (κ2) is 5.65. The molecule has 1 aliphatic rings. The van der Waals surface area contributed by atoms with Crippen LogP contribution >= 0.6 is 0 Å². The van der Waals surface area contributed by atoms with Gasteiger partial charge in [-0.05, 0) is 12.5 Å². The third kappa shape index (κ3) is 2.67. The topological polar surface area (TPSA) is 66.8 Å². The number of rotatable bonds is 4. The van der Waals surface area contributed by atoms with Gasteiger partial charge in [0.1, 0.15) is 18.8 Å². The van der Waals surface area contributed by atoms with Crippen molar-refractivity contribution in [3.05, 3.63) is 48.6 Å². The van der Waals surface area contributed by atoms with Gasteiger partial charge in [0.2, 0.25) is 5.67 Å². The first-order chi connectivity index (χ1) is 9.89. The molecular formula is C15H16FNO4. The molecule has 0 aromatic heterocycles. The molecule has 5 nitrogen and oxygen atoms in total. The van der Waals surface area contributed by atoms with Crippen LogP contribution in [0.3, 0.4) is 0 Å². The van der Waals surface area contributed by atoms with Crippen molar-refractivity contribution >= 4 is 12.0 Å². The summed E-state index contributed by atoms with van der Waals surface area (Å²) < 4.78 is 19.3. The first kappa shape index (κ1) is 15.2. The van der Waals surface area contributed by atoms with Crippen molar-refractivity contribution in [1.82, 2.24) is 4.90 Å². The highest BCUT2D eigenvalue weighted by molar-refractivity contribution is 5.98. The minimum atomic E-state index is -2.65. The summed E-state index contributed by atoms with van der Waals surface area (Å²) in [5.74, 6) is -1.15. The highest BCUT2D eigenvalue weighted by Crippen LogP contribution is 2.32. The number of benzene rings is 1. The van der Waals surface area contributed by atoms with E-state index in [4.69, 9.17) is 4.74 Å². The van der Waals surface area contributed by atoms with E-state index in [0.29, 0.717) is 10.5 Å². The average molecular weight is 293 g/mol. The number of alkyl halides is 1. The predicted octanol–water partition coefficient (Wildman–Crippen LogP) is 1.98. The molecule has 3 atom stereocenters. The van der Waals surface area contributed by atoms with E-state index in [1.165, 1.54) is 0 Å². The third-order valence-corrected chi connectivity index (χ3v) is 3.47. The number of cyclic esters (lactones) is 1. The maximum atomic E-state index is 14.5. The smallest absolute Gasteiger partial charge is 0.417 e. The first-order valence-electron chi connectivity index (χ1n) is 6.44. The van der Waals surface area contributed by atoms with Gasteiger partial charge in [-0.2, -0.15) is 0 Å². The van der Waals surface area contributed by atoms with Crippen LogP contribution in [0, 0.1) is 0 Å². The van der Waals surface area contributed by atoms with E-state index in [1.54, 1.807) is 30.3 Å². The molecule has 1 heterocycles. The predicted molar refractivity (Wildman–Crippen MR) is 73.1 cm³/mol. The molecule has 1 aliphatic heterocycles. The van der Waals surface area contributed by atoms with Crippen molar-refractivity contribution < 1.29 is 23.8 Å². The first-order valence-corrected chi connectivity index (χ1v) is 6.44. The van der Waals surface area contributed by atoms with Crippen molar-refractivity contribution in [3.63, 3.8) is 0 Å². The zero-order valence-electron chi connectivity index (χ0n) is 11.5. The number of imide groups is 1. The summed E-state index contributed by atoms with van der Waals surface area (Å²) in [7, 11) is 0. The average Bonchev–Trinajstić information content (AvgIpc) is 2.87. The quantitative estimate of drug-likeness (QED) is 0.862. The summed E-state index contributed by atoms with van der Waals surface area (Å²) in [5, 5.41) is 9.57. The monoisotopic (exact) mass is 293 g/mol. The molecule has 1 aromatic carbocycles. The van der Waals surface area contributed by atoms with Gasteiger partial charge in [-0.15, -0.1) is 6.58 Å². The molecule has 0 radical (unpaired) electrons. The van der Waals surface area contributed by atoms with Gasteiger partial charge in [-0.1, -0.05) is 36.4 Å².